The highest BCUT2D eigenvalue weighted by molar-refractivity contribution is 6.34. The van der Waals surface area contributed by atoms with E-state index < -0.39 is 0 Å². The van der Waals surface area contributed by atoms with Crippen molar-refractivity contribution in [2.24, 2.45) is 0 Å². The Bertz CT molecular complexity index is 487. The standard InChI is InChI=1S/C15H22ClN3O/c1-10-6-11(2)14(12(16)7-10)19-13(20)8-18-15(3)4-5-17-9-15/h6-7,17-18H,4-5,8-9H2,1-3H3,(H,19,20). The van der Waals surface area contributed by atoms with Gasteiger partial charge in [0, 0.05) is 12.1 Å². The Labute approximate surface area is 125 Å². The lowest BCUT2D eigenvalue weighted by Crippen LogP contribution is -2.47. The second-order valence-corrected chi connectivity index (χ2v) is 6.24. The number of aryl methyl sites for hydroxylation is 2. The molecule has 20 heavy (non-hydrogen) atoms. The van der Waals surface area contributed by atoms with E-state index >= 15 is 0 Å². The van der Waals surface area contributed by atoms with Gasteiger partial charge in [-0.3, -0.25) is 4.79 Å². The summed E-state index contributed by atoms with van der Waals surface area (Å²) in [6.45, 7) is 8.24. The topological polar surface area (TPSA) is 53.2 Å². The maximum absolute atomic E-state index is 12.0. The van der Waals surface area contributed by atoms with Gasteiger partial charge < -0.3 is 16.0 Å². The highest BCUT2D eigenvalue weighted by Crippen LogP contribution is 2.27. The summed E-state index contributed by atoms with van der Waals surface area (Å²) >= 11 is 6.19. The van der Waals surface area contributed by atoms with Gasteiger partial charge in [0.05, 0.1) is 17.3 Å². The molecule has 1 unspecified atom stereocenters. The molecule has 0 aromatic heterocycles. The summed E-state index contributed by atoms with van der Waals surface area (Å²) < 4.78 is 0. The van der Waals surface area contributed by atoms with Crippen molar-refractivity contribution in [3.63, 3.8) is 0 Å². The van der Waals surface area contributed by atoms with E-state index in [0.29, 0.717) is 17.3 Å². The molecule has 4 nitrogen and oxygen atoms in total. The molecule has 1 aliphatic heterocycles. The predicted octanol–water partition coefficient (Wildman–Crippen LogP) is 2.24. The second-order valence-electron chi connectivity index (χ2n) is 5.83. The van der Waals surface area contributed by atoms with Crippen LogP contribution in [-0.2, 0) is 4.79 Å². The molecule has 5 heteroatoms. The number of benzene rings is 1. The minimum atomic E-state index is -0.0630. The predicted molar refractivity (Wildman–Crippen MR) is 83.5 cm³/mol. The third-order valence-corrected chi connectivity index (χ3v) is 4.04. The summed E-state index contributed by atoms with van der Waals surface area (Å²) in [5, 5.41) is 10.1. The van der Waals surface area contributed by atoms with Crippen molar-refractivity contribution in [2.45, 2.75) is 32.7 Å². The normalized spacial score (nSPS) is 22.0. The molecule has 0 bridgehead atoms. The van der Waals surface area contributed by atoms with Crippen LogP contribution in [0.15, 0.2) is 12.1 Å². The molecular formula is C15H22ClN3O. The SMILES string of the molecule is Cc1cc(C)c(NC(=O)CNC2(C)CCNC2)c(Cl)c1. The van der Waals surface area contributed by atoms with Crippen LogP contribution in [0.3, 0.4) is 0 Å². The van der Waals surface area contributed by atoms with E-state index in [9.17, 15) is 4.79 Å². The molecule has 1 heterocycles. The number of halogens is 1. The van der Waals surface area contributed by atoms with Crippen molar-refractivity contribution in [1.82, 2.24) is 10.6 Å². The highest BCUT2D eigenvalue weighted by Gasteiger charge is 2.28. The molecular weight excluding hydrogens is 274 g/mol. The summed E-state index contributed by atoms with van der Waals surface area (Å²) in [7, 11) is 0. The van der Waals surface area contributed by atoms with Crippen molar-refractivity contribution in [3.05, 3.63) is 28.3 Å². The summed E-state index contributed by atoms with van der Waals surface area (Å²) in [4.78, 5) is 12.0. The first-order chi connectivity index (χ1) is 9.39. The van der Waals surface area contributed by atoms with Gasteiger partial charge in [-0.2, -0.15) is 0 Å². The molecule has 1 amide bonds. The van der Waals surface area contributed by atoms with E-state index in [1.54, 1.807) is 0 Å². The lowest BCUT2D eigenvalue weighted by atomic mass is 10.0. The van der Waals surface area contributed by atoms with Crippen LogP contribution in [0.5, 0.6) is 0 Å². The van der Waals surface area contributed by atoms with Crippen LogP contribution in [0.25, 0.3) is 0 Å². The number of rotatable bonds is 4. The molecule has 0 spiro atoms. The van der Waals surface area contributed by atoms with Crippen LogP contribution in [-0.4, -0.2) is 31.1 Å². The van der Waals surface area contributed by atoms with E-state index in [2.05, 4.69) is 22.9 Å². The number of carbonyl (C=O) groups is 1. The summed E-state index contributed by atoms with van der Waals surface area (Å²) in [5.41, 5.74) is 2.78. The van der Waals surface area contributed by atoms with Gasteiger partial charge in [-0.1, -0.05) is 17.7 Å². The molecule has 0 saturated carbocycles. The molecule has 0 aliphatic carbocycles. The third kappa shape index (κ3) is 3.72. The van der Waals surface area contributed by atoms with E-state index in [1.165, 1.54) is 0 Å². The molecule has 1 fully saturated rings. The van der Waals surface area contributed by atoms with Crippen LogP contribution in [0.1, 0.15) is 24.5 Å². The Hall–Kier alpha value is -1.10. The summed E-state index contributed by atoms with van der Waals surface area (Å²) in [6, 6.07) is 3.87. The van der Waals surface area contributed by atoms with Crippen LogP contribution in [0, 0.1) is 13.8 Å². The summed E-state index contributed by atoms with van der Waals surface area (Å²) in [6.07, 6.45) is 1.03. The van der Waals surface area contributed by atoms with Crippen molar-refractivity contribution in [2.75, 3.05) is 25.0 Å². The first kappa shape index (κ1) is 15.3. The Morgan fingerprint density at radius 3 is 2.80 bits per heavy atom. The monoisotopic (exact) mass is 295 g/mol. The molecule has 1 aromatic carbocycles. The molecule has 2 rings (SSSR count). The van der Waals surface area contributed by atoms with Gasteiger partial charge in [0.1, 0.15) is 0 Å². The van der Waals surface area contributed by atoms with Gasteiger partial charge in [0.15, 0.2) is 0 Å². The van der Waals surface area contributed by atoms with Crippen LogP contribution in [0.4, 0.5) is 5.69 Å². The number of nitrogens with one attached hydrogen (secondary N) is 3. The van der Waals surface area contributed by atoms with Crippen LogP contribution in [0.2, 0.25) is 5.02 Å². The van der Waals surface area contributed by atoms with E-state index in [4.69, 9.17) is 11.6 Å². The number of hydrogen-bond acceptors (Lipinski definition) is 3. The van der Waals surface area contributed by atoms with Crippen LogP contribution < -0.4 is 16.0 Å². The lowest BCUT2D eigenvalue weighted by molar-refractivity contribution is -0.115. The first-order valence-corrected chi connectivity index (χ1v) is 7.30. The largest absolute Gasteiger partial charge is 0.323 e. The Morgan fingerprint density at radius 1 is 1.45 bits per heavy atom. The molecule has 1 atom stereocenters. The maximum Gasteiger partial charge on any atom is 0.238 e. The minimum absolute atomic E-state index is 0.00343. The number of amides is 1. The van der Waals surface area contributed by atoms with E-state index in [1.807, 2.05) is 26.0 Å². The van der Waals surface area contributed by atoms with E-state index in [0.717, 1.165) is 30.6 Å². The summed E-state index contributed by atoms with van der Waals surface area (Å²) in [5.74, 6) is -0.0630. The molecule has 1 aromatic rings. The molecule has 110 valence electrons. The number of hydrogen-bond donors (Lipinski definition) is 3. The highest BCUT2D eigenvalue weighted by atomic mass is 35.5. The van der Waals surface area contributed by atoms with Crippen molar-refractivity contribution in [3.8, 4) is 0 Å². The zero-order valence-electron chi connectivity index (χ0n) is 12.3. The number of carbonyl (C=O) groups excluding carboxylic acids is 1. The minimum Gasteiger partial charge on any atom is -0.323 e. The molecule has 1 aliphatic rings. The average Bonchev–Trinajstić information content (AvgIpc) is 2.79. The lowest BCUT2D eigenvalue weighted by Gasteiger charge is -2.24. The molecule has 0 radical (unpaired) electrons. The number of anilines is 1. The average molecular weight is 296 g/mol. The fourth-order valence-electron chi connectivity index (χ4n) is 2.52. The van der Waals surface area contributed by atoms with Gasteiger partial charge in [-0.15, -0.1) is 0 Å². The van der Waals surface area contributed by atoms with Crippen LogP contribution >= 0.6 is 11.6 Å². The molecule has 3 N–H and O–H groups in total. The third-order valence-electron chi connectivity index (χ3n) is 3.74. The van der Waals surface area contributed by atoms with E-state index in [-0.39, 0.29) is 11.4 Å². The maximum atomic E-state index is 12.0. The second kappa shape index (κ2) is 6.12. The van der Waals surface area contributed by atoms with Crippen molar-refractivity contribution >= 4 is 23.2 Å². The van der Waals surface area contributed by atoms with Gasteiger partial charge in [0.25, 0.3) is 0 Å². The van der Waals surface area contributed by atoms with Gasteiger partial charge in [0.2, 0.25) is 5.91 Å². The van der Waals surface area contributed by atoms with Gasteiger partial charge in [-0.05, 0) is 50.9 Å². The van der Waals surface area contributed by atoms with Crippen molar-refractivity contribution in [1.29, 1.82) is 0 Å². The first-order valence-electron chi connectivity index (χ1n) is 6.92. The Morgan fingerprint density at radius 2 is 2.20 bits per heavy atom. The van der Waals surface area contributed by atoms with Gasteiger partial charge in [-0.25, -0.2) is 0 Å². The quantitative estimate of drug-likeness (QED) is 0.798. The Kier molecular flexibility index (Phi) is 4.68. The van der Waals surface area contributed by atoms with Gasteiger partial charge >= 0.3 is 0 Å². The smallest absolute Gasteiger partial charge is 0.238 e. The zero-order chi connectivity index (χ0) is 14.8. The van der Waals surface area contributed by atoms with Crippen molar-refractivity contribution < 1.29 is 4.79 Å². The fraction of sp³-hybridized carbons (Fsp3) is 0.533. The zero-order valence-corrected chi connectivity index (χ0v) is 13.0. The molecule has 1 saturated heterocycles. The Balaban J connectivity index is 1.95. The fourth-order valence-corrected chi connectivity index (χ4v) is 2.89.